The number of nitrogens with zero attached hydrogens (tertiary/aromatic N) is 3. The van der Waals surface area contributed by atoms with Crippen LogP contribution in [0.4, 0.5) is 5.69 Å². The van der Waals surface area contributed by atoms with Crippen molar-refractivity contribution in [1.29, 1.82) is 0 Å². The molecule has 0 atom stereocenters. The normalized spacial score (nSPS) is 11.6. The molecular formula is C21H24N4O4S. The summed E-state index contributed by atoms with van der Waals surface area (Å²) in [6, 6.07) is 15.4. The molecule has 0 fully saturated rings. The van der Waals surface area contributed by atoms with Gasteiger partial charge in [-0.2, -0.15) is 4.31 Å². The molecule has 3 rings (SSSR count). The van der Waals surface area contributed by atoms with Gasteiger partial charge in [0.2, 0.25) is 15.9 Å². The average molecular weight is 429 g/mol. The first-order chi connectivity index (χ1) is 14.1. The highest BCUT2D eigenvalue weighted by Crippen LogP contribution is 2.16. The summed E-state index contributed by atoms with van der Waals surface area (Å²) in [6.07, 6.45) is 0. The SMILES string of the molecule is Cc1ccc(S(=O)(=O)N(C)CC(=O)Nc2c(C)n(C)n(-c3ccccc3)c2=O)cc1. The Kier molecular flexibility index (Phi) is 5.95. The van der Waals surface area contributed by atoms with E-state index >= 15 is 0 Å². The minimum Gasteiger partial charge on any atom is -0.319 e. The number of amides is 1. The summed E-state index contributed by atoms with van der Waals surface area (Å²) in [5, 5.41) is 2.57. The molecule has 30 heavy (non-hydrogen) atoms. The number of anilines is 1. The second-order valence-corrected chi connectivity index (χ2v) is 9.10. The predicted molar refractivity (Wildman–Crippen MR) is 115 cm³/mol. The van der Waals surface area contributed by atoms with Crippen LogP contribution in [0.1, 0.15) is 11.3 Å². The van der Waals surface area contributed by atoms with E-state index in [1.807, 2.05) is 25.1 Å². The fraction of sp³-hybridized carbons (Fsp3) is 0.238. The maximum Gasteiger partial charge on any atom is 0.295 e. The predicted octanol–water partition coefficient (Wildman–Crippen LogP) is 2.05. The number of likely N-dealkylation sites (N-methyl/N-ethyl adjacent to an activating group) is 1. The molecule has 0 spiro atoms. The largest absolute Gasteiger partial charge is 0.319 e. The van der Waals surface area contributed by atoms with Crippen molar-refractivity contribution in [3.63, 3.8) is 0 Å². The number of benzene rings is 2. The number of hydrogen-bond donors (Lipinski definition) is 1. The molecule has 1 heterocycles. The molecule has 0 saturated heterocycles. The summed E-state index contributed by atoms with van der Waals surface area (Å²) in [5.41, 5.74) is 1.88. The lowest BCUT2D eigenvalue weighted by Crippen LogP contribution is -2.35. The maximum absolute atomic E-state index is 12.9. The molecule has 3 aromatic rings. The van der Waals surface area contributed by atoms with Gasteiger partial charge in [0.25, 0.3) is 5.56 Å². The van der Waals surface area contributed by atoms with Gasteiger partial charge < -0.3 is 5.32 Å². The topological polar surface area (TPSA) is 93.4 Å². The van der Waals surface area contributed by atoms with Crippen LogP contribution in [-0.4, -0.2) is 41.6 Å². The Morgan fingerprint density at radius 1 is 1.03 bits per heavy atom. The molecule has 0 radical (unpaired) electrons. The maximum atomic E-state index is 12.9. The summed E-state index contributed by atoms with van der Waals surface area (Å²) in [6.45, 7) is 3.15. The van der Waals surface area contributed by atoms with E-state index in [2.05, 4.69) is 5.32 Å². The van der Waals surface area contributed by atoms with Crippen molar-refractivity contribution in [1.82, 2.24) is 13.7 Å². The second kappa shape index (κ2) is 8.29. The van der Waals surface area contributed by atoms with Crippen LogP contribution in [0.3, 0.4) is 0 Å². The quantitative estimate of drug-likeness (QED) is 0.650. The average Bonchev–Trinajstić information content (AvgIpc) is 2.92. The van der Waals surface area contributed by atoms with E-state index in [9.17, 15) is 18.0 Å². The monoisotopic (exact) mass is 428 g/mol. The van der Waals surface area contributed by atoms with E-state index in [1.54, 1.807) is 42.9 Å². The summed E-state index contributed by atoms with van der Waals surface area (Å²) in [5.74, 6) is -0.598. The highest BCUT2D eigenvalue weighted by atomic mass is 32.2. The van der Waals surface area contributed by atoms with Gasteiger partial charge in [0, 0.05) is 14.1 Å². The van der Waals surface area contributed by atoms with E-state index in [0.717, 1.165) is 9.87 Å². The minimum atomic E-state index is -3.83. The van der Waals surface area contributed by atoms with Crippen molar-refractivity contribution in [2.75, 3.05) is 18.9 Å². The third-order valence-corrected chi connectivity index (χ3v) is 6.73. The van der Waals surface area contributed by atoms with Crippen molar-refractivity contribution in [3.8, 4) is 5.69 Å². The summed E-state index contributed by atoms with van der Waals surface area (Å²) >= 11 is 0. The molecule has 0 aliphatic heterocycles. The number of aryl methyl sites for hydroxylation is 1. The first-order valence-corrected chi connectivity index (χ1v) is 10.7. The zero-order valence-corrected chi connectivity index (χ0v) is 18.1. The van der Waals surface area contributed by atoms with E-state index in [-0.39, 0.29) is 10.6 Å². The fourth-order valence-electron chi connectivity index (χ4n) is 3.07. The van der Waals surface area contributed by atoms with Crippen LogP contribution in [0, 0.1) is 13.8 Å². The van der Waals surface area contributed by atoms with Crippen LogP contribution in [0.5, 0.6) is 0 Å². The number of carbonyl (C=O) groups excluding carboxylic acids is 1. The van der Waals surface area contributed by atoms with Gasteiger partial charge in [0.05, 0.1) is 22.8 Å². The number of aromatic nitrogens is 2. The number of nitrogens with one attached hydrogen (secondary N) is 1. The third kappa shape index (κ3) is 4.07. The van der Waals surface area contributed by atoms with Crippen LogP contribution in [-0.2, 0) is 21.9 Å². The van der Waals surface area contributed by atoms with Crippen molar-refractivity contribution in [2.45, 2.75) is 18.7 Å². The molecule has 0 saturated carbocycles. The zero-order chi connectivity index (χ0) is 22.1. The molecule has 8 nitrogen and oxygen atoms in total. The Morgan fingerprint density at radius 3 is 2.23 bits per heavy atom. The Morgan fingerprint density at radius 2 is 1.63 bits per heavy atom. The van der Waals surface area contributed by atoms with Gasteiger partial charge in [-0.15, -0.1) is 0 Å². The molecule has 9 heteroatoms. The molecule has 0 aliphatic rings. The summed E-state index contributed by atoms with van der Waals surface area (Å²) in [7, 11) is -0.781. The third-order valence-electron chi connectivity index (χ3n) is 4.91. The van der Waals surface area contributed by atoms with Crippen LogP contribution < -0.4 is 10.9 Å². The van der Waals surface area contributed by atoms with Gasteiger partial charge in [-0.3, -0.25) is 14.3 Å². The van der Waals surface area contributed by atoms with Crippen molar-refractivity contribution < 1.29 is 13.2 Å². The lowest BCUT2D eigenvalue weighted by atomic mass is 10.2. The molecule has 0 aliphatic carbocycles. The molecular weight excluding hydrogens is 404 g/mol. The van der Waals surface area contributed by atoms with E-state index < -0.39 is 28.0 Å². The minimum absolute atomic E-state index is 0.103. The Bertz CT molecular complexity index is 1230. The van der Waals surface area contributed by atoms with Crippen molar-refractivity contribution in [3.05, 3.63) is 76.2 Å². The Balaban J connectivity index is 1.81. The van der Waals surface area contributed by atoms with Gasteiger partial charge >= 0.3 is 0 Å². The number of carbonyl (C=O) groups is 1. The van der Waals surface area contributed by atoms with E-state index in [4.69, 9.17) is 0 Å². The van der Waals surface area contributed by atoms with Crippen LogP contribution in [0.15, 0.2) is 64.3 Å². The first-order valence-electron chi connectivity index (χ1n) is 9.30. The van der Waals surface area contributed by atoms with E-state index in [1.165, 1.54) is 23.9 Å². The molecule has 1 aromatic heterocycles. The number of rotatable bonds is 6. The van der Waals surface area contributed by atoms with Gasteiger partial charge in [-0.05, 0) is 38.1 Å². The van der Waals surface area contributed by atoms with Crippen LogP contribution in [0.2, 0.25) is 0 Å². The fourth-order valence-corrected chi connectivity index (χ4v) is 4.20. The number of para-hydroxylation sites is 1. The van der Waals surface area contributed by atoms with Gasteiger partial charge in [-0.1, -0.05) is 35.9 Å². The molecule has 2 aromatic carbocycles. The lowest BCUT2D eigenvalue weighted by molar-refractivity contribution is -0.116. The summed E-state index contributed by atoms with van der Waals surface area (Å²) < 4.78 is 29.4. The highest BCUT2D eigenvalue weighted by Gasteiger charge is 2.24. The molecule has 1 N–H and O–H groups in total. The number of hydrogen-bond acceptors (Lipinski definition) is 4. The zero-order valence-electron chi connectivity index (χ0n) is 17.3. The summed E-state index contributed by atoms with van der Waals surface area (Å²) in [4.78, 5) is 25.5. The van der Waals surface area contributed by atoms with Crippen molar-refractivity contribution >= 4 is 21.6 Å². The molecule has 0 unspecified atom stereocenters. The second-order valence-electron chi connectivity index (χ2n) is 7.06. The van der Waals surface area contributed by atoms with Crippen LogP contribution in [0.25, 0.3) is 5.69 Å². The Labute approximate surface area is 175 Å². The smallest absolute Gasteiger partial charge is 0.295 e. The lowest BCUT2D eigenvalue weighted by Gasteiger charge is -2.16. The van der Waals surface area contributed by atoms with Crippen molar-refractivity contribution in [2.24, 2.45) is 7.05 Å². The van der Waals surface area contributed by atoms with Crippen LogP contribution >= 0.6 is 0 Å². The number of sulfonamides is 1. The first kappa shape index (κ1) is 21.5. The molecule has 0 bridgehead atoms. The molecule has 1 amide bonds. The standard InChI is InChI=1S/C21H24N4O4S/c1-15-10-12-18(13-11-15)30(28,29)23(3)14-19(26)22-20-16(2)24(4)25(21(20)27)17-8-6-5-7-9-17/h5-13H,14H2,1-4H3,(H,22,26). The van der Waals surface area contributed by atoms with Gasteiger partial charge in [-0.25, -0.2) is 13.1 Å². The van der Waals surface area contributed by atoms with Gasteiger partial charge in [0.15, 0.2) is 0 Å². The van der Waals surface area contributed by atoms with E-state index in [0.29, 0.717) is 11.4 Å². The Hall–Kier alpha value is -3.17. The molecule has 158 valence electrons. The van der Waals surface area contributed by atoms with Gasteiger partial charge in [0.1, 0.15) is 5.69 Å². The highest BCUT2D eigenvalue weighted by molar-refractivity contribution is 7.89.